The van der Waals surface area contributed by atoms with Crippen molar-refractivity contribution in [1.29, 1.82) is 0 Å². The van der Waals surface area contributed by atoms with Gasteiger partial charge in [-0.2, -0.15) is 0 Å². The van der Waals surface area contributed by atoms with Crippen LogP contribution in [0.3, 0.4) is 0 Å². The Hall–Kier alpha value is -2.93. The average molecular weight is 544 g/mol. The van der Waals surface area contributed by atoms with Crippen LogP contribution in [0.2, 0.25) is 0 Å². The van der Waals surface area contributed by atoms with E-state index >= 15 is 0 Å². The minimum Gasteiger partial charge on any atom is -0.493 e. The van der Waals surface area contributed by atoms with Crippen LogP contribution in [0.25, 0.3) is 5.57 Å². The zero-order chi connectivity index (χ0) is 27.3. The van der Waals surface area contributed by atoms with Crippen molar-refractivity contribution in [1.82, 2.24) is 19.8 Å². The summed E-state index contributed by atoms with van der Waals surface area (Å²) >= 11 is 0. The van der Waals surface area contributed by atoms with Gasteiger partial charge in [-0.3, -0.25) is 9.69 Å². The molecule has 1 aromatic heterocycles. The van der Waals surface area contributed by atoms with Crippen LogP contribution in [0.15, 0.2) is 42.7 Å². The molecule has 0 radical (unpaired) electrons. The maximum atomic E-state index is 13.2. The van der Waals surface area contributed by atoms with E-state index < -0.39 is 0 Å². The summed E-state index contributed by atoms with van der Waals surface area (Å²) in [7, 11) is 0. The smallest absolute Gasteiger partial charge is 0.226 e. The Morgan fingerprint density at radius 2 is 1.62 bits per heavy atom. The number of anilines is 1. The number of ether oxygens (including phenoxy) is 1. The number of piperidine rings is 1. The Balaban J connectivity index is 0.922. The van der Waals surface area contributed by atoms with E-state index in [0.29, 0.717) is 11.8 Å². The lowest BCUT2D eigenvalue weighted by atomic mass is 9.85. The topological polar surface area (TPSA) is 61.8 Å². The van der Waals surface area contributed by atoms with Crippen LogP contribution in [0.4, 0.5) is 5.95 Å². The van der Waals surface area contributed by atoms with Crippen LogP contribution in [0.1, 0.15) is 63.0 Å². The zero-order valence-electron chi connectivity index (χ0n) is 24.1. The molecular formula is C33H45N5O2. The van der Waals surface area contributed by atoms with Crippen LogP contribution in [-0.4, -0.2) is 78.1 Å². The van der Waals surface area contributed by atoms with Gasteiger partial charge in [-0.05, 0) is 92.0 Å². The number of rotatable bonds is 9. The Kier molecular flexibility index (Phi) is 8.66. The molecule has 1 saturated carbocycles. The van der Waals surface area contributed by atoms with Gasteiger partial charge in [0, 0.05) is 64.1 Å². The maximum Gasteiger partial charge on any atom is 0.226 e. The van der Waals surface area contributed by atoms with Gasteiger partial charge in [0.25, 0.3) is 0 Å². The van der Waals surface area contributed by atoms with Gasteiger partial charge in [-0.25, -0.2) is 9.97 Å². The Bertz CT molecular complexity index is 1140. The molecule has 0 N–H and O–H groups in total. The molecule has 214 valence electrons. The summed E-state index contributed by atoms with van der Waals surface area (Å²) in [6.07, 6.45) is 15.0. The molecule has 2 aromatic rings. The first-order chi connectivity index (χ1) is 19.6. The van der Waals surface area contributed by atoms with E-state index in [1.807, 2.05) is 12.4 Å². The first kappa shape index (κ1) is 27.3. The van der Waals surface area contributed by atoms with Crippen LogP contribution < -0.4 is 9.64 Å². The van der Waals surface area contributed by atoms with Crippen molar-refractivity contribution in [2.75, 3.05) is 57.3 Å². The summed E-state index contributed by atoms with van der Waals surface area (Å²) in [5.41, 5.74) is 3.81. The molecule has 7 nitrogen and oxygen atoms in total. The van der Waals surface area contributed by atoms with Gasteiger partial charge < -0.3 is 14.5 Å². The van der Waals surface area contributed by atoms with Crippen molar-refractivity contribution >= 4 is 17.4 Å². The van der Waals surface area contributed by atoms with Crippen molar-refractivity contribution in [2.45, 2.75) is 58.3 Å². The number of carbonyl (C=O) groups is 1. The predicted molar refractivity (Wildman–Crippen MR) is 159 cm³/mol. The normalized spacial score (nSPS) is 22.7. The van der Waals surface area contributed by atoms with E-state index in [1.54, 1.807) is 0 Å². The average Bonchev–Trinajstić information content (AvgIpc) is 3.85. The van der Waals surface area contributed by atoms with Crippen molar-refractivity contribution in [3.05, 3.63) is 53.9 Å². The van der Waals surface area contributed by atoms with Crippen LogP contribution in [0.5, 0.6) is 5.75 Å². The van der Waals surface area contributed by atoms with Crippen molar-refractivity contribution in [3.8, 4) is 5.75 Å². The summed E-state index contributed by atoms with van der Waals surface area (Å²) in [6.45, 7) is 9.98. The number of benzene rings is 1. The molecule has 1 unspecified atom stereocenters. The largest absolute Gasteiger partial charge is 0.493 e. The standard InChI is InChI=1S/C33H45N5O2/c1-2-25-21-34-33(35-22-25)38-15-13-27(14-16-38)24-40-31-11-9-29(10-12-31)28-5-7-30(8-6-28)32(39)37-19-17-36(18-20-37)23-26-3-4-26/h5,9-12,21-22,26-27,30H,2-4,6-8,13-20,23-24H2,1H3. The minimum absolute atomic E-state index is 0.148. The molecule has 0 spiro atoms. The second-order valence-electron chi connectivity index (χ2n) is 12.3. The molecule has 6 rings (SSSR count). The number of piperazine rings is 1. The van der Waals surface area contributed by atoms with Gasteiger partial charge >= 0.3 is 0 Å². The van der Waals surface area contributed by atoms with Crippen LogP contribution in [-0.2, 0) is 11.2 Å². The molecule has 1 atom stereocenters. The van der Waals surface area contributed by atoms with Crippen molar-refractivity contribution in [2.24, 2.45) is 17.8 Å². The molecule has 2 saturated heterocycles. The Morgan fingerprint density at radius 1 is 0.900 bits per heavy atom. The SMILES string of the molecule is CCc1cnc(N2CCC(COc3ccc(C4=CCC(C(=O)N5CCN(CC6CC6)CC5)CC4)cc3)CC2)nc1. The molecule has 2 aliphatic carbocycles. The number of carbonyl (C=O) groups excluding carboxylic acids is 1. The zero-order valence-corrected chi connectivity index (χ0v) is 24.1. The fraction of sp³-hybridized carbons (Fsp3) is 0.606. The molecule has 0 bridgehead atoms. The molecule has 7 heteroatoms. The number of hydrogen-bond acceptors (Lipinski definition) is 6. The first-order valence-electron chi connectivity index (χ1n) is 15.6. The van der Waals surface area contributed by atoms with Crippen LogP contribution in [0, 0.1) is 17.8 Å². The molecular weight excluding hydrogens is 498 g/mol. The molecule has 2 aliphatic heterocycles. The number of nitrogens with zero attached hydrogens (tertiary/aromatic N) is 5. The monoisotopic (exact) mass is 543 g/mol. The summed E-state index contributed by atoms with van der Waals surface area (Å²) in [4.78, 5) is 29.2. The first-order valence-corrected chi connectivity index (χ1v) is 15.6. The molecule has 3 fully saturated rings. The summed E-state index contributed by atoms with van der Waals surface area (Å²) < 4.78 is 6.18. The number of amides is 1. The van der Waals surface area contributed by atoms with E-state index in [4.69, 9.17) is 4.74 Å². The molecule has 1 aromatic carbocycles. The summed E-state index contributed by atoms with van der Waals surface area (Å²) in [6, 6.07) is 8.57. The lowest BCUT2D eigenvalue weighted by Crippen LogP contribution is -2.50. The Labute approximate surface area is 239 Å². The fourth-order valence-electron chi connectivity index (χ4n) is 6.37. The number of allylic oxidation sites excluding steroid dienone is 2. The number of hydrogen-bond donors (Lipinski definition) is 0. The van der Waals surface area contributed by atoms with E-state index in [1.165, 1.54) is 36.1 Å². The van der Waals surface area contributed by atoms with Gasteiger partial charge in [0.1, 0.15) is 5.75 Å². The fourth-order valence-corrected chi connectivity index (χ4v) is 6.37. The second-order valence-corrected chi connectivity index (χ2v) is 12.3. The van der Waals surface area contributed by atoms with E-state index in [2.05, 4.69) is 61.9 Å². The van der Waals surface area contributed by atoms with E-state index in [9.17, 15) is 4.79 Å². The molecule has 3 heterocycles. The van der Waals surface area contributed by atoms with Crippen LogP contribution >= 0.6 is 0 Å². The summed E-state index contributed by atoms with van der Waals surface area (Å²) in [5, 5.41) is 0. The van der Waals surface area contributed by atoms with Gasteiger partial charge in [0.2, 0.25) is 11.9 Å². The Morgan fingerprint density at radius 3 is 2.25 bits per heavy atom. The molecule has 4 aliphatic rings. The highest BCUT2D eigenvalue weighted by Crippen LogP contribution is 2.33. The summed E-state index contributed by atoms with van der Waals surface area (Å²) in [5.74, 6) is 3.80. The third-order valence-electron chi connectivity index (χ3n) is 9.37. The number of aromatic nitrogens is 2. The quantitative estimate of drug-likeness (QED) is 0.440. The number of aryl methyl sites for hydroxylation is 1. The highest BCUT2D eigenvalue weighted by Gasteiger charge is 2.31. The third kappa shape index (κ3) is 6.85. The van der Waals surface area contributed by atoms with Crippen molar-refractivity contribution < 1.29 is 9.53 Å². The minimum atomic E-state index is 0.148. The van der Waals surface area contributed by atoms with Gasteiger partial charge in [0.05, 0.1) is 6.61 Å². The lowest BCUT2D eigenvalue weighted by Gasteiger charge is -2.37. The van der Waals surface area contributed by atoms with E-state index in [-0.39, 0.29) is 5.92 Å². The van der Waals surface area contributed by atoms with Crippen molar-refractivity contribution in [3.63, 3.8) is 0 Å². The highest BCUT2D eigenvalue weighted by atomic mass is 16.5. The van der Waals surface area contributed by atoms with Gasteiger partial charge in [0.15, 0.2) is 0 Å². The van der Waals surface area contributed by atoms with E-state index in [0.717, 1.165) is 102 Å². The lowest BCUT2D eigenvalue weighted by molar-refractivity contribution is -0.137. The maximum absolute atomic E-state index is 13.2. The predicted octanol–water partition coefficient (Wildman–Crippen LogP) is 5.07. The van der Waals surface area contributed by atoms with Gasteiger partial charge in [-0.1, -0.05) is 25.1 Å². The van der Waals surface area contributed by atoms with Gasteiger partial charge in [-0.15, -0.1) is 0 Å². The second kappa shape index (κ2) is 12.7. The third-order valence-corrected chi connectivity index (χ3v) is 9.37. The molecule has 1 amide bonds. The highest BCUT2D eigenvalue weighted by molar-refractivity contribution is 5.81. The molecule has 40 heavy (non-hydrogen) atoms.